The zero-order valence-corrected chi connectivity index (χ0v) is 12.2. The van der Waals surface area contributed by atoms with Gasteiger partial charge < -0.3 is 10.1 Å². The molecule has 4 heteroatoms. The molecule has 1 aromatic carbocycles. The van der Waals surface area contributed by atoms with Crippen LogP contribution < -0.4 is 5.32 Å². The normalized spacial score (nSPS) is 11.9. The molecule has 1 aromatic heterocycles. The van der Waals surface area contributed by atoms with E-state index in [2.05, 4.69) is 10.3 Å². The van der Waals surface area contributed by atoms with Crippen LogP contribution in [0.2, 0.25) is 0 Å². The second-order valence-corrected chi connectivity index (χ2v) is 4.84. The Hall–Kier alpha value is -2.20. The van der Waals surface area contributed by atoms with E-state index >= 15 is 0 Å². The van der Waals surface area contributed by atoms with E-state index in [-0.39, 0.29) is 5.91 Å². The van der Waals surface area contributed by atoms with Crippen molar-refractivity contribution in [3.63, 3.8) is 0 Å². The van der Waals surface area contributed by atoms with Crippen molar-refractivity contribution in [2.75, 3.05) is 6.54 Å². The van der Waals surface area contributed by atoms with Crippen molar-refractivity contribution in [3.05, 3.63) is 66.0 Å². The number of carbonyl (C=O) groups is 1. The monoisotopic (exact) mass is 284 g/mol. The number of hydrogen-bond acceptors (Lipinski definition) is 3. The van der Waals surface area contributed by atoms with Crippen molar-refractivity contribution >= 4 is 5.91 Å². The minimum absolute atomic E-state index is 0.0881. The molecule has 0 aliphatic carbocycles. The van der Waals surface area contributed by atoms with Crippen molar-refractivity contribution in [3.8, 4) is 0 Å². The molecule has 1 unspecified atom stereocenters. The Morgan fingerprint density at radius 1 is 1.19 bits per heavy atom. The number of amides is 1. The summed E-state index contributed by atoms with van der Waals surface area (Å²) in [6, 6.07) is 13.7. The summed E-state index contributed by atoms with van der Waals surface area (Å²) >= 11 is 0. The summed E-state index contributed by atoms with van der Waals surface area (Å²) in [6.45, 7) is 2.80. The number of pyridine rings is 1. The lowest BCUT2D eigenvalue weighted by Crippen LogP contribution is -2.35. The summed E-state index contributed by atoms with van der Waals surface area (Å²) in [6.07, 6.45) is 3.85. The van der Waals surface area contributed by atoms with E-state index in [1.54, 1.807) is 13.1 Å². The summed E-state index contributed by atoms with van der Waals surface area (Å²) < 4.78 is 5.57. The van der Waals surface area contributed by atoms with Crippen LogP contribution in [0.4, 0.5) is 0 Å². The quantitative estimate of drug-likeness (QED) is 0.849. The zero-order chi connectivity index (χ0) is 14.9. The molecule has 0 spiro atoms. The molecule has 110 valence electrons. The predicted octanol–water partition coefficient (Wildman–Crippen LogP) is 2.35. The fraction of sp³-hybridized carbons (Fsp3) is 0.294. The lowest BCUT2D eigenvalue weighted by Gasteiger charge is -2.13. The smallest absolute Gasteiger partial charge is 0.248 e. The summed E-state index contributed by atoms with van der Waals surface area (Å²) in [5.41, 5.74) is 2.17. The van der Waals surface area contributed by atoms with Gasteiger partial charge in [0.2, 0.25) is 5.91 Å². The van der Waals surface area contributed by atoms with Crippen LogP contribution in [0.25, 0.3) is 0 Å². The first-order chi connectivity index (χ1) is 10.3. The number of hydrogen-bond donors (Lipinski definition) is 1. The lowest BCUT2D eigenvalue weighted by atomic mass is 10.2. The van der Waals surface area contributed by atoms with Gasteiger partial charge in [-0.05, 0) is 30.5 Å². The second-order valence-electron chi connectivity index (χ2n) is 4.84. The number of benzene rings is 1. The molecule has 1 atom stereocenters. The summed E-state index contributed by atoms with van der Waals surface area (Å²) in [5, 5.41) is 2.88. The first-order valence-electron chi connectivity index (χ1n) is 7.08. The van der Waals surface area contributed by atoms with Crippen molar-refractivity contribution in [1.82, 2.24) is 10.3 Å². The molecular weight excluding hydrogens is 264 g/mol. The highest BCUT2D eigenvalue weighted by Crippen LogP contribution is 2.03. The zero-order valence-electron chi connectivity index (χ0n) is 12.2. The fourth-order valence-corrected chi connectivity index (χ4v) is 1.89. The van der Waals surface area contributed by atoms with Crippen LogP contribution in [0.15, 0.2) is 54.9 Å². The maximum atomic E-state index is 11.9. The second kappa shape index (κ2) is 8.17. The molecule has 0 saturated carbocycles. The summed E-state index contributed by atoms with van der Waals surface area (Å²) in [7, 11) is 0. The lowest BCUT2D eigenvalue weighted by molar-refractivity contribution is -0.132. The van der Waals surface area contributed by atoms with Gasteiger partial charge in [-0.25, -0.2) is 0 Å². The maximum absolute atomic E-state index is 11.9. The van der Waals surface area contributed by atoms with Crippen LogP contribution in [0.3, 0.4) is 0 Å². The first kappa shape index (κ1) is 15.2. The third-order valence-electron chi connectivity index (χ3n) is 3.15. The minimum Gasteiger partial charge on any atom is -0.364 e. The van der Waals surface area contributed by atoms with Crippen LogP contribution in [0, 0.1) is 0 Å². The van der Waals surface area contributed by atoms with Crippen molar-refractivity contribution < 1.29 is 9.53 Å². The highest BCUT2D eigenvalue weighted by molar-refractivity contribution is 5.80. The molecule has 2 rings (SSSR count). The van der Waals surface area contributed by atoms with E-state index in [1.807, 2.05) is 48.7 Å². The third kappa shape index (κ3) is 5.36. The van der Waals surface area contributed by atoms with Crippen LogP contribution in [-0.4, -0.2) is 23.5 Å². The van der Waals surface area contributed by atoms with E-state index in [1.165, 1.54) is 0 Å². The molecule has 0 bridgehead atoms. The number of nitrogens with one attached hydrogen (secondary N) is 1. The molecule has 1 amide bonds. The number of ether oxygens (including phenoxy) is 1. The Labute approximate surface area is 125 Å². The molecule has 21 heavy (non-hydrogen) atoms. The standard InChI is InChI=1S/C17H20N2O2/c1-14(21-13-16-6-3-2-4-7-16)17(20)19-11-9-15-8-5-10-18-12-15/h2-8,10,12,14H,9,11,13H2,1H3,(H,19,20). The topological polar surface area (TPSA) is 51.2 Å². The molecule has 0 fully saturated rings. The van der Waals surface area contributed by atoms with E-state index in [9.17, 15) is 4.79 Å². The molecule has 0 radical (unpaired) electrons. The van der Waals surface area contributed by atoms with Gasteiger partial charge >= 0.3 is 0 Å². The molecule has 2 aromatic rings. The van der Waals surface area contributed by atoms with Crippen molar-refractivity contribution in [1.29, 1.82) is 0 Å². The van der Waals surface area contributed by atoms with Gasteiger partial charge in [0.1, 0.15) is 6.10 Å². The predicted molar refractivity (Wildman–Crippen MR) is 81.6 cm³/mol. The fourth-order valence-electron chi connectivity index (χ4n) is 1.89. The molecular formula is C17H20N2O2. The van der Waals surface area contributed by atoms with E-state index < -0.39 is 6.10 Å². The number of carbonyl (C=O) groups excluding carboxylic acids is 1. The molecule has 1 heterocycles. The van der Waals surface area contributed by atoms with E-state index in [0.717, 1.165) is 17.5 Å². The van der Waals surface area contributed by atoms with Gasteiger partial charge in [-0.3, -0.25) is 9.78 Å². The van der Waals surface area contributed by atoms with Gasteiger partial charge in [0.05, 0.1) is 6.61 Å². The average Bonchev–Trinajstić information content (AvgIpc) is 2.54. The summed E-state index contributed by atoms with van der Waals surface area (Å²) in [5.74, 6) is -0.0881. The van der Waals surface area contributed by atoms with Crippen LogP contribution >= 0.6 is 0 Å². The highest BCUT2D eigenvalue weighted by atomic mass is 16.5. The first-order valence-corrected chi connectivity index (χ1v) is 7.08. The summed E-state index contributed by atoms with van der Waals surface area (Å²) in [4.78, 5) is 15.9. The van der Waals surface area contributed by atoms with E-state index in [4.69, 9.17) is 4.74 Å². The number of aromatic nitrogens is 1. The van der Waals surface area contributed by atoms with Gasteiger partial charge in [-0.2, -0.15) is 0 Å². The Bertz CT molecular complexity index is 543. The molecule has 0 aliphatic rings. The minimum atomic E-state index is -0.459. The SMILES string of the molecule is CC(OCc1ccccc1)C(=O)NCCc1cccnc1. The Morgan fingerprint density at radius 3 is 2.67 bits per heavy atom. The van der Waals surface area contributed by atoms with E-state index in [0.29, 0.717) is 13.2 Å². The van der Waals surface area contributed by atoms with Crippen LogP contribution in [0.1, 0.15) is 18.1 Å². The molecule has 4 nitrogen and oxygen atoms in total. The van der Waals surface area contributed by atoms with Crippen LogP contribution in [0.5, 0.6) is 0 Å². The van der Waals surface area contributed by atoms with Gasteiger partial charge in [-0.15, -0.1) is 0 Å². The Kier molecular flexibility index (Phi) is 5.91. The van der Waals surface area contributed by atoms with Gasteiger partial charge in [-0.1, -0.05) is 36.4 Å². The maximum Gasteiger partial charge on any atom is 0.248 e. The largest absolute Gasteiger partial charge is 0.364 e. The number of rotatable bonds is 7. The van der Waals surface area contributed by atoms with Gasteiger partial charge in [0.15, 0.2) is 0 Å². The highest BCUT2D eigenvalue weighted by Gasteiger charge is 2.12. The van der Waals surface area contributed by atoms with Gasteiger partial charge in [0.25, 0.3) is 0 Å². The Balaban J connectivity index is 1.68. The Morgan fingerprint density at radius 2 is 1.95 bits per heavy atom. The molecule has 0 saturated heterocycles. The van der Waals surface area contributed by atoms with Crippen LogP contribution in [-0.2, 0) is 22.6 Å². The third-order valence-corrected chi connectivity index (χ3v) is 3.15. The average molecular weight is 284 g/mol. The van der Waals surface area contributed by atoms with Crippen molar-refractivity contribution in [2.24, 2.45) is 0 Å². The molecule has 0 aliphatic heterocycles. The van der Waals surface area contributed by atoms with Gasteiger partial charge in [0, 0.05) is 18.9 Å². The number of nitrogens with zero attached hydrogens (tertiary/aromatic N) is 1. The van der Waals surface area contributed by atoms with Crippen molar-refractivity contribution in [2.45, 2.75) is 26.1 Å². The molecule has 1 N–H and O–H groups in total.